The van der Waals surface area contributed by atoms with Crippen LogP contribution >= 0.6 is 0 Å². The molecule has 4 nitrogen and oxygen atoms in total. The van der Waals surface area contributed by atoms with E-state index >= 15 is 0 Å². The first-order chi connectivity index (χ1) is 8.06. The fourth-order valence-corrected chi connectivity index (χ4v) is 1.93. The number of hydrogen-bond donors (Lipinski definition) is 2. The Morgan fingerprint density at radius 2 is 2.06 bits per heavy atom. The third kappa shape index (κ3) is 2.58. The first-order valence-corrected chi connectivity index (χ1v) is 5.64. The fourth-order valence-electron chi connectivity index (χ4n) is 1.93. The first-order valence-electron chi connectivity index (χ1n) is 5.64. The largest absolute Gasteiger partial charge is 0.382 e. The molecule has 0 bridgehead atoms. The molecule has 1 heterocycles. The Kier molecular flexibility index (Phi) is 3.04. The van der Waals surface area contributed by atoms with Crippen LogP contribution in [-0.2, 0) is 6.54 Å². The highest BCUT2D eigenvalue weighted by atomic mass is 15.2. The van der Waals surface area contributed by atoms with Gasteiger partial charge in [0.25, 0.3) is 0 Å². The predicted octanol–water partition coefficient (Wildman–Crippen LogP) is 2.25. The van der Waals surface area contributed by atoms with E-state index in [9.17, 15) is 0 Å². The summed E-state index contributed by atoms with van der Waals surface area (Å²) >= 11 is 0. The second-order valence-corrected chi connectivity index (χ2v) is 4.46. The van der Waals surface area contributed by atoms with E-state index in [1.165, 1.54) is 16.8 Å². The molecule has 0 atom stereocenters. The van der Waals surface area contributed by atoms with Crippen molar-refractivity contribution in [3.8, 4) is 0 Å². The number of benzene rings is 1. The molecular formula is C13H18N4. The minimum atomic E-state index is 0.536. The van der Waals surface area contributed by atoms with Gasteiger partial charge in [-0.25, -0.2) is 0 Å². The normalized spacial score (nSPS) is 10.5. The van der Waals surface area contributed by atoms with Crippen molar-refractivity contribution >= 4 is 11.5 Å². The maximum Gasteiger partial charge on any atom is 0.145 e. The van der Waals surface area contributed by atoms with Crippen LogP contribution < -0.4 is 10.6 Å². The van der Waals surface area contributed by atoms with Gasteiger partial charge in [0, 0.05) is 18.8 Å². The number of H-pyrrole nitrogens is 1. The van der Waals surface area contributed by atoms with E-state index in [-0.39, 0.29) is 0 Å². The molecule has 17 heavy (non-hydrogen) atoms. The minimum Gasteiger partial charge on any atom is -0.382 e. The summed E-state index contributed by atoms with van der Waals surface area (Å²) in [5.41, 5.74) is 10.4. The van der Waals surface area contributed by atoms with Crippen LogP contribution in [0.2, 0.25) is 0 Å². The molecule has 0 spiro atoms. The van der Waals surface area contributed by atoms with Gasteiger partial charge in [-0.15, -0.1) is 0 Å². The molecule has 0 amide bonds. The SMILES string of the molecule is Cc1ccc(C)c(N(C)Cc2cc(N)n[nH]2)c1. The molecule has 0 radical (unpaired) electrons. The number of aromatic amines is 1. The standard InChI is InChI=1S/C13H18N4/c1-9-4-5-10(2)12(6-9)17(3)8-11-7-13(14)16-15-11/h4-7H,8H2,1-3H3,(H3,14,15,16). The van der Waals surface area contributed by atoms with Crippen molar-refractivity contribution in [3.63, 3.8) is 0 Å². The molecule has 0 fully saturated rings. The monoisotopic (exact) mass is 230 g/mol. The van der Waals surface area contributed by atoms with Gasteiger partial charge in [0.15, 0.2) is 0 Å². The van der Waals surface area contributed by atoms with Gasteiger partial charge in [-0.3, -0.25) is 5.10 Å². The van der Waals surface area contributed by atoms with Crippen LogP contribution in [0.25, 0.3) is 0 Å². The van der Waals surface area contributed by atoms with Gasteiger partial charge < -0.3 is 10.6 Å². The first kappa shape index (κ1) is 11.5. The maximum atomic E-state index is 5.59. The zero-order valence-corrected chi connectivity index (χ0v) is 10.5. The Hall–Kier alpha value is -1.97. The van der Waals surface area contributed by atoms with Crippen molar-refractivity contribution in [2.45, 2.75) is 20.4 Å². The lowest BCUT2D eigenvalue weighted by Crippen LogP contribution is -2.17. The highest BCUT2D eigenvalue weighted by Crippen LogP contribution is 2.21. The lowest BCUT2D eigenvalue weighted by Gasteiger charge is -2.21. The van der Waals surface area contributed by atoms with Crippen molar-refractivity contribution in [1.29, 1.82) is 0 Å². The van der Waals surface area contributed by atoms with E-state index in [2.05, 4.69) is 54.2 Å². The Labute approximate surface area is 101 Å². The van der Waals surface area contributed by atoms with Gasteiger partial charge in [0.1, 0.15) is 5.82 Å². The highest BCUT2D eigenvalue weighted by Gasteiger charge is 2.07. The molecule has 0 aliphatic carbocycles. The van der Waals surface area contributed by atoms with Gasteiger partial charge in [-0.2, -0.15) is 5.10 Å². The fraction of sp³-hybridized carbons (Fsp3) is 0.308. The van der Waals surface area contributed by atoms with E-state index < -0.39 is 0 Å². The van der Waals surface area contributed by atoms with Gasteiger partial charge >= 0.3 is 0 Å². The number of nitrogen functional groups attached to an aromatic ring is 1. The van der Waals surface area contributed by atoms with Gasteiger partial charge in [-0.05, 0) is 31.0 Å². The van der Waals surface area contributed by atoms with Crippen LogP contribution in [0, 0.1) is 13.8 Å². The molecular weight excluding hydrogens is 212 g/mol. The zero-order chi connectivity index (χ0) is 12.4. The summed E-state index contributed by atoms with van der Waals surface area (Å²) in [6.07, 6.45) is 0. The third-order valence-corrected chi connectivity index (χ3v) is 2.83. The molecule has 0 saturated heterocycles. The van der Waals surface area contributed by atoms with Crippen molar-refractivity contribution in [3.05, 3.63) is 41.1 Å². The third-order valence-electron chi connectivity index (χ3n) is 2.83. The smallest absolute Gasteiger partial charge is 0.145 e. The number of nitrogens with zero attached hydrogens (tertiary/aromatic N) is 2. The quantitative estimate of drug-likeness (QED) is 0.850. The van der Waals surface area contributed by atoms with Crippen molar-refractivity contribution in [2.75, 3.05) is 17.7 Å². The van der Waals surface area contributed by atoms with Gasteiger partial charge in [0.2, 0.25) is 0 Å². The van der Waals surface area contributed by atoms with Crippen LogP contribution in [0.15, 0.2) is 24.3 Å². The summed E-state index contributed by atoms with van der Waals surface area (Å²) in [5.74, 6) is 0.536. The van der Waals surface area contributed by atoms with E-state index in [1.54, 1.807) is 0 Å². The second kappa shape index (κ2) is 4.49. The lowest BCUT2D eigenvalue weighted by molar-refractivity contribution is 0.866. The molecule has 2 aromatic rings. The summed E-state index contributed by atoms with van der Waals surface area (Å²) < 4.78 is 0. The molecule has 0 unspecified atom stereocenters. The van der Waals surface area contributed by atoms with E-state index in [0.717, 1.165) is 12.2 Å². The molecule has 1 aromatic heterocycles. The van der Waals surface area contributed by atoms with Crippen molar-refractivity contribution in [2.24, 2.45) is 0 Å². The molecule has 0 aliphatic heterocycles. The van der Waals surface area contributed by atoms with Crippen LogP contribution in [0.5, 0.6) is 0 Å². The zero-order valence-electron chi connectivity index (χ0n) is 10.5. The number of aromatic nitrogens is 2. The summed E-state index contributed by atoms with van der Waals surface area (Å²) in [6, 6.07) is 8.32. The number of anilines is 2. The average Bonchev–Trinajstić information content (AvgIpc) is 2.67. The Morgan fingerprint density at radius 1 is 1.29 bits per heavy atom. The van der Waals surface area contributed by atoms with E-state index in [1.807, 2.05) is 6.07 Å². The number of aryl methyl sites for hydroxylation is 2. The molecule has 0 saturated carbocycles. The van der Waals surface area contributed by atoms with Gasteiger partial charge in [0.05, 0.1) is 12.2 Å². The molecule has 1 aromatic carbocycles. The Morgan fingerprint density at radius 3 is 2.71 bits per heavy atom. The van der Waals surface area contributed by atoms with Gasteiger partial charge in [-0.1, -0.05) is 12.1 Å². The summed E-state index contributed by atoms with van der Waals surface area (Å²) in [5, 5.41) is 6.85. The van der Waals surface area contributed by atoms with Crippen LogP contribution in [0.1, 0.15) is 16.8 Å². The average molecular weight is 230 g/mol. The number of nitrogens with one attached hydrogen (secondary N) is 1. The number of rotatable bonds is 3. The second-order valence-electron chi connectivity index (χ2n) is 4.46. The van der Waals surface area contributed by atoms with Crippen LogP contribution in [0.3, 0.4) is 0 Å². The predicted molar refractivity (Wildman–Crippen MR) is 71.0 cm³/mol. The molecule has 0 aliphatic rings. The molecule has 2 rings (SSSR count). The maximum absolute atomic E-state index is 5.59. The highest BCUT2D eigenvalue weighted by molar-refractivity contribution is 5.54. The topological polar surface area (TPSA) is 57.9 Å². The van der Waals surface area contributed by atoms with Crippen LogP contribution in [-0.4, -0.2) is 17.2 Å². The van der Waals surface area contributed by atoms with Crippen molar-refractivity contribution in [1.82, 2.24) is 10.2 Å². The summed E-state index contributed by atoms with van der Waals surface area (Å²) in [4.78, 5) is 2.19. The number of hydrogen-bond acceptors (Lipinski definition) is 3. The summed E-state index contributed by atoms with van der Waals surface area (Å²) in [6.45, 7) is 4.99. The van der Waals surface area contributed by atoms with Crippen molar-refractivity contribution < 1.29 is 0 Å². The number of nitrogens with two attached hydrogens (primary N) is 1. The van der Waals surface area contributed by atoms with E-state index in [0.29, 0.717) is 5.82 Å². The molecule has 3 N–H and O–H groups in total. The Bertz CT molecular complexity index is 516. The molecule has 4 heteroatoms. The molecule has 90 valence electrons. The summed E-state index contributed by atoms with van der Waals surface area (Å²) in [7, 11) is 2.07. The Balaban J connectivity index is 2.19. The van der Waals surface area contributed by atoms with Crippen LogP contribution in [0.4, 0.5) is 11.5 Å². The lowest BCUT2D eigenvalue weighted by atomic mass is 10.1. The minimum absolute atomic E-state index is 0.536. The van der Waals surface area contributed by atoms with E-state index in [4.69, 9.17) is 5.73 Å².